The molecule has 6 nitrogen and oxygen atoms in total. The number of nitro groups is 1. The number of benzene rings is 1. The Hall–Kier alpha value is -1.82. The van der Waals surface area contributed by atoms with E-state index in [1.807, 2.05) is 0 Å². The van der Waals surface area contributed by atoms with Crippen LogP contribution in [0.25, 0.3) is 0 Å². The van der Waals surface area contributed by atoms with E-state index >= 15 is 0 Å². The summed E-state index contributed by atoms with van der Waals surface area (Å²) in [6.45, 7) is 0.559. The molecule has 1 aromatic carbocycles. The highest BCUT2D eigenvalue weighted by Crippen LogP contribution is 2.32. The van der Waals surface area contributed by atoms with Crippen LogP contribution in [0.5, 0.6) is 5.75 Å². The van der Waals surface area contributed by atoms with Gasteiger partial charge in [0.2, 0.25) is 0 Å². The van der Waals surface area contributed by atoms with Crippen molar-refractivity contribution in [3.63, 3.8) is 0 Å². The molecular formula is C14H21N3O3. The summed E-state index contributed by atoms with van der Waals surface area (Å²) in [7, 11) is 1.43. The van der Waals surface area contributed by atoms with Gasteiger partial charge in [0.25, 0.3) is 0 Å². The number of anilines is 1. The minimum absolute atomic E-state index is 0.0248. The summed E-state index contributed by atoms with van der Waals surface area (Å²) < 4.78 is 5.08. The summed E-state index contributed by atoms with van der Waals surface area (Å²) in [5.41, 5.74) is 6.64. The Morgan fingerprint density at radius 2 is 2.20 bits per heavy atom. The van der Waals surface area contributed by atoms with Gasteiger partial charge in [-0.15, -0.1) is 0 Å². The molecule has 1 atom stereocenters. The van der Waals surface area contributed by atoms with Crippen LogP contribution in [0.4, 0.5) is 11.4 Å². The van der Waals surface area contributed by atoms with E-state index in [-0.39, 0.29) is 17.5 Å². The molecule has 0 bridgehead atoms. The molecule has 110 valence electrons. The van der Waals surface area contributed by atoms with Crippen LogP contribution in [0.3, 0.4) is 0 Å². The first kappa shape index (κ1) is 14.6. The second kappa shape index (κ2) is 6.56. The Balaban J connectivity index is 2.13. The van der Waals surface area contributed by atoms with Crippen molar-refractivity contribution in [1.29, 1.82) is 0 Å². The molecule has 20 heavy (non-hydrogen) atoms. The van der Waals surface area contributed by atoms with Crippen LogP contribution in [0.2, 0.25) is 0 Å². The first-order chi connectivity index (χ1) is 9.65. The van der Waals surface area contributed by atoms with Gasteiger partial charge in [0.1, 0.15) is 0 Å². The minimum Gasteiger partial charge on any atom is -0.490 e. The number of hydrogen-bond acceptors (Lipinski definition) is 5. The van der Waals surface area contributed by atoms with Crippen LogP contribution >= 0.6 is 0 Å². The SMILES string of the molecule is COc1cc(NC(CN)C2CCCC2)ccc1[N+](=O)[O-]. The van der Waals surface area contributed by atoms with Gasteiger partial charge >= 0.3 is 5.69 Å². The summed E-state index contributed by atoms with van der Waals surface area (Å²) in [6.07, 6.45) is 4.90. The maximum atomic E-state index is 10.9. The molecule has 1 saturated carbocycles. The highest BCUT2D eigenvalue weighted by atomic mass is 16.6. The first-order valence-electron chi connectivity index (χ1n) is 6.94. The Labute approximate surface area is 118 Å². The monoisotopic (exact) mass is 279 g/mol. The van der Waals surface area contributed by atoms with Gasteiger partial charge in [0, 0.05) is 30.4 Å². The molecule has 0 aromatic heterocycles. The molecule has 0 aliphatic heterocycles. The zero-order valence-corrected chi connectivity index (χ0v) is 11.7. The third kappa shape index (κ3) is 3.19. The summed E-state index contributed by atoms with van der Waals surface area (Å²) in [6, 6.07) is 5.04. The Bertz CT molecular complexity index is 473. The van der Waals surface area contributed by atoms with E-state index in [0.29, 0.717) is 12.5 Å². The Morgan fingerprint density at radius 1 is 1.50 bits per heavy atom. The molecule has 6 heteroatoms. The van der Waals surface area contributed by atoms with Crippen molar-refractivity contribution < 1.29 is 9.66 Å². The average Bonchev–Trinajstić information content (AvgIpc) is 2.98. The van der Waals surface area contributed by atoms with E-state index in [4.69, 9.17) is 10.5 Å². The van der Waals surface area contributed by atoms with Gasteiger partial charge in [0.15, 0.2) is 5.75 Å². The summed E-state index contributed by atoms with van der Waals surface area (Å²) >= 11 is 0. The Kier molecular flexibility index (Phi) is 4.79. The molecule has 1 aliphatic carbocycles. The van der Waals surface area contributed by atoms with Crippen LogP contribution in [-0.4, -0.2) is 24.6 Å². The number of ether oxygens (including phenoxy) is 1. The van der Waals surface area contributed by atoms with Crippen molar-refractivity contribution in [2.45, 2.75) is 31.7 Å². The standard InChI is InChI=1S/C14H21N3O3/c1-20-14-8-11(6-7-13(14)17(18)19)16-12(9-15)10-4-2-3-5-10/h6-8,10,12,16H,2-5,9,15H2,1H3. The lowest BCUT2D eigenvalue weighted by Gasteiger charge is -2.24. The first-order valence-corrected chi connectivity index (χ1v) is 6.94. The lowest BCUT2D eigenvalue weighted by molar-refractivity contribution is -0.385. The topological polar surface area (TPSA) is 90.4 Å². The number of nitro benzene ring substituents is 1. The van der Waals surface area contributed by atoms with Gasteiger partial charge in [-0.05, 0) is 24.8 Å². The zero-order chi connectivity index (χ0) is 14.5. The predicted octanol–water partition coefficient (Wildman–Crippen LogP) is 2.53. The molecule has 3 N–H and O–H groups in total. The third-order valence-electron chi connectivity index (χ3n) is 3.95. The minimum atomic E-state index is -0.444. The van der Waals surface area contributed by atoms with E-state index in [9.17, 15) is 10.1 Å². The molecule has 1 aromatic rings. The van der Waals surface area contributed by atoms with E-state index < -0.39 is 4.92 Å². The quantitative estimate of drug-likeness (QED) is 0.617. The molecule has 1 aliphatic rings. The summed E-state index contributed by atoms with van der Waals surface area (Å²) in [4.78, 5) is 10.4. The van der Waals surface area contributed by atoms with Crippen molar-refractivity contribution >= 4 is 11.4 Å². The number of methoxy groups -OCH3 is 1. The highest BCUT2D eigenvalue weighted by Gasteiger charge is 2.24. The number of nitrogens with one attached hydrogen (secondary N) is 1. The summed E-state index contributed by atoms with van der Waals surface area (Å²) in [5, 5.41) is 14.2. The van der Waals surface area contributed by atoms with Crippen LogP contribution in [0.1, 0.15) is 25.7 Å². The molecule has 0 heterocycles. The maximum absolute atomic E-state index is 10.9. The molecular weight excluding hydrogens is 258 g/mol. The van der Waals surface area contributed by atoms with E-state index in [1.54, 1.807) is 12.1 Å². The van der Waals surface area contributed by atoms with Crippen LogP contribution < -0.4 is 15.8 Å². The largest absolute Gasteiger partial charge is 0.490 e. The van der Waals surface area contributed by atoms with Gasteiger partial charge in [0.05, 0.1) is 12.0 Å². The predicted molar refractivity (Wildman–Crippen MR) is 78.1 cm³/mol. The number of nitrogens with two attached hydrogens (primary N) is 1. The van der Waals surface area contributed by atoms with Crippen LogP contribution in [0, 0.1) is 16.0 Å². The normalized spacial score (nSPS) is 16.9. The average molecular weight is 279 g/mol. The molecule has 0 radical (unpaired) electrons. The van der Waals surface area contributed by atoms with Gasteiger partial charge in [-0.25, -0.2) is 0 Å². The van der Waals surface area contributed by atoms with Crippen molar-refractivity contribution in [3.05, 3.63) is 28.3 Å². The van der Waals surface area contributed by atoms with Gasteiger partial charge in [-0.1, -0.05) is 12.8 Å². The molecule has 0 amide bonds. The summed E-state index contributed by atoms with van der Waals surface area (Å²) in [5.74, 6) is 0.850. The molecule has 2 rings (SSSR count). The van der Waals surface area contributed by atoms with E-state index in [0.717, 1.165) is 5.69 Å². The fourth-order valence-corrected chi connectivity index (χ4v) is 2.86. The van der Waals surface area contributed by atoms with Gasteiger partial charge in [-0.2, -0.15) is 0 Å². The fraction of sp³-hybridized carbons (Fsp3) is 0.571. The number of nitrogens with zero attached hydrogens (tertiary/aromatic N) is 1. The lowest BCUT2D eigenvalue weighted by atomic mass is 9.98. The second-order valence-electron chi connectivity index (χ2n) is 5.17. The third-order valence-corrected chi connectivity index (χ3v) is 3.95. The van der Waals surface area contributed by atoms with Crippen molar-refractivity contribution in [3.8, 4) is 5.75 Å². The molecule has 0 saturated heterocycles. The highest BCUT2D eigenvalue weighted by molar-refractivity contribution is 5.58. The van der Waals surface area contributed by atoms with Gasteiger partial charge < -0.3 is 15.8 Å². The van der Waals surface area contributed by atoms with Crippen LogP contribution in [0.15, 0.2) is 18.2 Å². The van der Waals surface area contributed by atoms with Gasteiger partial charge in [-0.3, -0.25) is 10.1 Å². The second-order valence-corrected chi connectivity index (χ2v) is 5.17. The zero-order valence-electron chi connectivity index (χ0n) is 11.7. The van der Waals surface area contributed by atoms with E-state index in [2.05, 4.69) is 5.32 Å². The van der Waals surface area contributed by atoms with Crippen molar-refractivity contribution in [2.24, 2.45) is 11.7 Å². The fourth-order valence-electron chi connectivity index (χ4n) is 2.86. The Morgan fingerprint density at radius 3 is 2.75 bits per heavy atom. The molecule has 1 unspecified atom stereocenters. The number of hydrogen-bond donors (Lipinski definition) is 2. The van der Waals surface area contributed by atoms with Crippen molar-refractivity contribution in [1.82, 2.24) is 0 Å². The molecule has 0 spiro atoms. The lowest BCUT2D eigenvalue weighted by Crippen LogP contribution is -2.35. The van der Waals surface area contributed by atoms with E-state index in [1.165, 1.54) is 38.9 Å². The van der Waals surface area contributed by atoms with Crippen LogP contribution in [-0.2, 0) is 0 Å². The number of rotatable bonds is 6. The maximum Gasteiger partial charge on any atom is 0.311 e. The smallest absolute Gasteiger partial charge is 0.311 e. The van der Waals surface area contributed by atoms with Crippen molar-refractivity contribution in [2.75, 3.05) is 19.0 Å². The molecule has 1 fully saturated rings.